The van der Waals surface area contributed by atoms with Crippen molar-refractivity contribution in [3.05, 3.63) is 59.9 Å². The van der Waals surface area contributed by atoms with E-state index >= 15 is 0 Å². The van der Waals surface area contributed by atoms with Crippen molar-refractivity contribution in [3.63, 3.8) is 0 Å². The molecule has 1 aliphatic heterocycles. The maximum absolute atomic E-state index is 12.6. The number of fused-ring (bicyclic) bond motifs is 1. The van der Waals surface area contributed by atoms with Crippen LogP contribution in [0.4, 0.5) is 0 Å². The summed E-state index contributed by atoms with van der Waals surface area (Å²) in [4.78, 5) is 26.4. The molecule has 0 bridgehead atoms. The van der Waals surface area contributed by atoms with Gasteiger partial charge in [0.05, 0.1) is 11.1 Å². The molecule has 1 aliphatic rings. The molecule has 1 fully saturated rings. The lowest BCUT2D eigenvalue weighted by atomic mass is 9.98. The van der Waals surface area contributed by atoms with E-state index in [9.17, 15) is 9.59 Å². The van der Waals surface area contributed by atoms with Crippen molar-refractivity contribution in [1.29, 1.82) is 0 Å². The number of amides is 2. The number of nitrogens with two attached hydrogens (primary N) is 1. The molecular weight excluding hydrogens is 328 g/mol. The minimum atomic E-state index is -0.489. The number of benzene rings is 1. The zero-order valence-corrected chi connectivity index (χ0v) is 14.4. The van der Waals surface area contributed by atoms with E-state index in [-0.39, 0.29) is 5.91 Å². The summed E-state index contributed by atoms with van der Waals surface area (Å²) in [5.41, 5.74) is 9.03. The van der Waals surface area contributed by atoms with Gasteiger partial charge in [0.2, 0.25) is 5.91 Å². The average molecular weight is 348 g/mol. The van der Waals surface area contributed by atoms with E-state index in [4.69, 9.17) is 5.73 Å². The summed E-state index contributed by atoms with van der Waals surface area (Å²) in [6.45, 7) is 1.64. The molecule has 3 aromatic rings. The van der Waals surface area contributed by atoms with Gasteiger partial charge in [-0.15, -0.1) is 0 Å². The van der Waals surface area contributed by atoms with E-state index in [1.54, 1.807) is 23.0 Å². The lowest BCUT2D eigenvalue weighted by molar-refractivity contribution is 0.0724. The third-order valence-corrected chi connectivity index (χ3v) is 4.91. The first-order valence-electron chi connectivity index (χ1n) is 8.81. The first-order chi connectivity index (χ1) is 12.6. The topological polar surface area (TPSA) is 80.7 Å². The van der Waals surface area contributed by atoms with Gasteiger partial charge in [-0.05, 0) is 49.1 Å². The van der Waals surface area contributed by atoms with Crippen LogP contribution in [0, 0.1) is 0 Å². The predicted molar refractivity (Wildman–Crippen MR) is 98.9 cm³/mol. The van der Waals surface area contributed by atoms with Crippen molar-refractivity contribution in [1.82, 2.24) is 14.5 Å². The molecule has 0 spiro atoms. The lowest BCUT2D eigenvalue weighted by Gasteiger charge is -2.26. The summed E-state index contributed by atoms with van der Waals surface area (Å²) >= 11 is 0. The molecule has 1 saturated heterocycles. The smallest absolute Gasteiger partial charge is 0.253 e. The molecule has 0 radical (unpaired) electrons. The zero-order chi connectivity index (χ0) is 18.1. The monoisotopic (exact) mass is 348 g/mol. The fourth-order valence-corrected chi connectivity index (χ4v) is 3.57. The molecule has 0 unspecified atom stereocenters. The number of piperidine rings is 1. The Balaban J connectivity index is 1.72. The molecule has 1 aromatic carbocycles. The van der Waals surface area contributed by atoms with E-state index in [0.717, 1.165) is 42.6 Å². The Morgan fingerprint density at radius 3 is 2.38 bits per heavy atom. The summed E-state index contributed by atoms with van der Waals surface area (Å²) in [7, 11) is 0. The summed E-state index contributed by atoms with van der Waals surface area (Å²) in [5.74, 6) is -0.425. The molecule has 6 heteroatoms. The molecule has 2 amide bonds. The number of nitrogens with zero attached hydrogens (tertiary/aromatic N) is 3. The number of pyridine rings is 1. The van der Waals surface area contributed by atoms with E-state index in [1.165, 1.54) is 6.42 Å². The normalized spacial score (nSPS) is 14.5. The largest absolute Gasteiger partial charge is 0.366 e. The second-order valence-corrected chi connectivity index (χ2v) is 6.56. The Labute approximate surface area is 151 Å². The van der Waals surface area contributed by atoms with Gasteiger partial charge in [0.15, 0.2) is 0 Å². The van der Waals surface area contributed by atoms with E-state index in [1.807, 2.05) is 35.2 Å². The molecule has 0 saturated carbocycles. The number of hydrogen-bond donors (Lipinski definition) is 1. The molecule has 2 N–H and O–H groups in total. The van der Waals surface area contributed by atoms with Crippen LogP contribution in [0.1, 0.15) is 40.0 Å². The molecule has 4 rings (SSSR count). The highest BCUT2D eigenvalue weighted by atomic mass is 16.2. The standard InChI is InChI=1S/C20H20N4O2/c21-19(25)16-9-13-24-17(8-10-22-24)18(16)14-4-6-15(7-5-14)20(26)23-11-2-1-3-12-23/h4-10,13H,1-3,11-12H2,(H2,21,25). The number of carbonyl (C=O) groups is 2. The molecule has 132 valence electrons. The van der Waals surface area contributed by atoms with Crippen molar-refractivity contribution in [2.75, 3.05) is 13.1 Å². The first kappa shape index (κ1) is 16.3. The van der Waals surface area contributed by atoms with Gasteiger partial charge in [0.25, 0.3) is 5.91 Å². The molecule has 3 heterocycles. The quantitative estimate of drug-likeness (QED) is 0.790. The third-order valence-electron chi connectivity index (χ3n) is 4.91. The summed E-state index contributed by atoms with van der Waals surface area (Å²) < 4.78 is 1.70. The minimum absolute atomic E-state index is 0.0638. The minimum Gasteiger partial charge on any atom is -0.366 e. The van der Waals surface area contributed by atoms with Crippen molar-refractivity contribution in [3.8, 4) is 11.1 Å². The summed E-state index contributed by atoms with van der Waals surface area (Å²) in [6, 6.07) is 10.9. The maximum atomic E-state index is 12.6. The second-order valence-electron chi connectivity index (χ2n) is 6.56. The van der Waals surface area contributed by atoms with Gasteiger partial charge in [0, 0.05) is 36.6 Å². The van der Waals surface area contributed by atoms with Gasteiger partial charge in [-0.3, -0.25) is 9.59 Å². The Morgan fingerprint density at radius 1 is 0.962 bits per heavy atom. The highest BCUT2D eigenvalue weighted by molar-refractivity contribution is 6.04. The Kier molecular flexibility index (Phi) is 4.16. The first-order valence-corrected chi connectivity index (χ1v) is 8.81. The number of rotatable bonds is 3. The van der Waals surface area contributed by atoms with Gasteiger partial charge < -0.3 is 10.6 Å². The van der Waals surface area contributed by atoms with Crippen LogP contribution in [0.15, 0.2) is 48.8 Å². The van der Waals surface area contributed by atoms with E-state index in [2.05, 4.69) is 5.10 Å². The van der Waals surface area contributed by atoms with Gasteiger partial charge in [0.1, 0.15) is 0 Å². The van der Waals surface area contributed by atoms with E-state index < -0.39 is 5.91 Å². The highest BCUT2D eigenvalue weighted by Gasteiger charge is 2.19. The molecule has 6 nitrogen and oxygen atoms in total. The summed E-state index contributed by atoms with van der Waals surface area (Å²) in [5, 5.41) is 4.22. The lowest BCUT2D eigenvalue weighted by Crippen LogP contribution is -2.35. The second kappa shape index (κ2) is 6.63. The summed E-state index contributed by atoms with van der Waals surface area (Å²) in [6.07, 6.45) is 6.71. The van der Waals surface area contributed by atoms with E-state index in [0.29, 0.717) is 11.1 Å². The van der Waals surface area contributed by atoms with Gasteiger partial charge >= 0.3 is 0 Å². The fraction of sp³-hybridized carbons (Fsp3) is 0.250. The van der Waals surface area contributed by atoms with Crippen molar-refractivity contribution in [2.24, 2.45) is 5.73 Å². The van der Waals surface area contributed by atoms with Crippen molar-refractivity contribution < 1.29 is 9.59 Å². The number of aromatic nitrogens is 2. The maximum Gasteiger partial charge on any atom is 0.253 e. The van der Waals surface area contributed by atoms with Crippen LogP contribution in [0.2, 0.25) is 0 Å². The van der Waals surface area contributed by atoms with Gasteiger partial charge in [-0.2, -0.15) is 5.10 Å². The molecule has 2 aromatic heterocycles. The van der Waals surface area contributed by atoms with Crippen LogP contribution >= 0.6 is 0 Å². The fourth-order valence-electron chi connectivity index (χ4n) is 3.57. The SMILES string of the molecule is NC(=O)c1ccn2nccc2c1-c1ccc(C(=O)N2CCCCC2)cc1. The average Bonchev–Trinajstić information content (AvgIpc) is 3.16. The van der Waals surface area contributed by atoms with Crippen LogP contribution < -0.4 is 5.73 Å². The number of likely N-dealkylation sites (tertiary alicyclic amines) is 1. The Morgan fingerprint density at radius 2 is 1.69 bits per heavy atom. The number of hydrogen-bond acceptors (Lipinski definition) is 3. The molecule has 0 atom stereocenters. The van der Waals surface area contributed by atoms with Gasteiger partial charge in [-0.25, -0.2) is 4.52 Å². The zero-order valence-electron chi connectivity index (χ0n) is 14.4. The molecule has 0 aliphatic carbocycles. The van der Waals surface area contributed by atoms with Crippen molar-refractivity contribution >= 4 is 17.3 Å². The molecular formula is C20H20N4O2. The molecule has 26 heavy (non-hydrogen) atoms. The Bertz CT molecular complexity index is 969. The number of primary amides is 1. The highest BCUT2D eigenvalue weighted by Crippen LogP contribution is 2.29. The van der Waals surface area contributed by atoms with Crippen molar-refractivity contribution in [2.45, 2.75) is 19.3 Å². The van der Waals surface area contributed by atoms with Crippen LogP contribution in [-0.2, 0) is 0 Å². The Hall–Kier alpha value is -3.15. The van der Waals surface area contributed by atoms with Gasteiger partial charge in [-0.1, -0.05) is 12.1 Å². The van der Waals surface area contributed by atoms with Crippen LogP contribution in [0.3, 0.4) is 0 Å². The predicted octanol–water partition coefficient (Wildman–Crippen LogP) is 2.73. The van der Waals surface area contributed by atoms with Crippen LogP contribution in [-0.4, -0.2) is 39.4 Å². The van der Waals surface area contributed by atoms with Crippen LogP contribution in [0.25, 0.3) is 16.6 Å². The number of carbonyl (C=O) groups excluding carboxylic acids is 2. The van der Waals surface area contributed by atoms with Crippen LogP contribution in [0.5, 0.6) is 0 Å². The third kappa shape index (κ3) is 2.83.